The van der Waals surface area contributed by atoms with Crippen LogP contribution in [0.1, 0.15) is 44.9 Å². The summed E-state index contributed by atoms with van der Waals surface area (Å²) < 4.78 is 17.3. The Hall–Kier alpha value is -1.42. The van der Waals surface area contributed by atoms with Crippen LogP contribution in [0.3, 0.4) is 0 Å². The van der Waals surface area contributed by atoms with Crippen molar-refractivity contribution in [2.24, 2.45) is 0 Å². The van der Waals surface area contributed by atoms with Crippen LogP contribution >= 0.6 is 0 Å². The van der Waals surface area contributed by atoms with E-state index in [1.807, 2.05) is 18.2 Å². The third kappa shape index (κ3) is 3.26. The van der Waals surface area contributed by atoms with Gasteiger partial charge in [-0.3, -0.25) is 0 Å². The van der Waals surface area contributed by atoms with E-state index in [-0.39, 0.29) is 11.7 Å². The van der Waals surface area contributed by atoms with E-state index in [0.717, 1.165) is 12.2 Å². The van der Waals surface area contributed by atoms with Crippen molar-refractivity contribution in [1.82, 2.24) is 0 Å². The second-order valence-electron chi connectivity index (χ2n) is 6.24. The third-order valence-corrected chi connectivity index (χ3v) is 4.74. The van der Waals surface area contributed by atoms with Gasteiger partial charge >= 0.3 is 0 Å². The monoisotopic (exact) mass is 291 g/mol. The molecule has 1 aromatic rings. The maximum Gasteiger partial charge on any atom is 0.142 e. The number of nitrogen functional groups attached to an aromatic ring is 1. The number of hydrogen-bond acceptors (Lipinski definition) is 4. The third-order valence-electron chi connectivity index (χ3n) is 4.74. The number of ether oxygens (including phenoxy) is 3. The summed E-state index contributed by atoms with van der Waals surface area (Å²) in [6.07, 6.45) is 8.92. The van der Waals surface area contributed by atoms with Crippen LogP contribution in [0.25, 0.3) is 0 Å². The summed E-state index contributed by atoms with van der Waals surface area (Å²) in [7, 11) is 1.61. The predicted octanol–water partition coefficient (Wildman–Crippen LogP) is 3.54. The van der Waals surface area contributed by atoms with Gasteiger partial charge in [-0.2, -0.15) is 0 Å². The maximum absolute atomic E-state index is 6.31. The summed E-state index contributed by atoms with van der Waals surface area (Å²) >= 11 is 0. The molecule has 3 rings (SSSR count). The largest absolute Gasteiger partial charge is 0.495 e. The minimum absolute atomic E-state index is 0.158. The molecule has 0 bridgehead atoms. The van der Waals surface area contributed by atoms with Crippen molar-refractivity contribution in [3.05, 3.63) is 18.2 Å². The van der Waals surface area contributed by atoms with Gasteiger partial charge in [-0.1, -0.05) is 19.3 Å². The Morgan fingerprint density at radius 1 is 1.24 bits per heavy atom. The highest BCUT2D eigenvalue weighted by Gasteiger charge is 2.40. The second kappa shape index (κ2) is 6.14. The van der Waals surface area contributed by atoms with E-state index in [0.29, 0.717) is 18.0 Å². The lowest BCUT2D eigenvalue weighted by atomic mass is 9.83. The van der Waals surface area contributed by atoms with Gasteiger partial charge < -0.3 is 19.9 Å². The van der Waals surface area contributed by atoms with Gasteiger partial charge in [-0.15, -0.1) is 0 Å². The molecule has 1 spiro atoms. The van der Waals surface area contributed by atoms with Crippen LogP contribution in [0.15, 0.2) is 18.2 Å². The lowest BCUT2D eigenvalue weighted by Crippen LogP contribution is -2.32. The van der Waals surface area contributed by atoms with Crippen molar-refractivity contribution in [2.75, 3.05) is 19.5 Å². The Morgan fingerprint density at radius 2 is 2.05 bits per heavy atom. The molecule has 1 aliphatic heterocycles. The van der Waals surface area contributed by atoms with Crippen molar-refractivity contribution in [1.29, 1.82) is 0 Å². The van der Waals surface area contributed by atoms with Crippen LogP contribution in [-0.4, -0.2) is 25.4 Å². The van der Waals surface area contributed by atoms with Crippen LogP contribution in [0.2, 0.25) is 0 Å². The average molecular weight is 291 g/mol. The highest BCUT2D eigenvalue weighted by molar-refractivity contribution is 5.56. The number of nitrogens with two attached hydrogens (primary N) is 1. The lowest BCUT2D eigenvalue weighted by molar-refractivity contribution is -0.0748. The Bertz CT molecular complexity index is 483. The summed E-state index contributed by atoms with van der Waals surface area (Å²) in [6, 6.07) is 5.54. The van der Waals surface area contributed by atoms with E-state index in [9.17, 15) is 0 Å². The van der Waals surface area contributed by atoms with Gasteiger partial charge in [0.2, 0.25) is 0 Å². The van der Waals surface area contributed by atoms with E-state index in [1.54, 1.807) is 7.11 Å². The molecule has 0 aromatic heterocycles. The lowest BCUT2D eigenvalue weighted by Gasteiger charge is -2.33. The zero-order valence-corrected chi connectivity index (χ0v) is 12.8. The summed E-state index contributed by atoms with van der Waals surface area (Å²) in [6.45, 7) is 0.605. The fourth-order valence-electron chi connectivity index (χ4n) is 3.57. The number of benzene rings is 1. The van der Waals surface area contributed by atoms with Gasteiger partial charge in [-0.05, 0) is 37.8 Å². The number of methoxy groups -OCH3 is 1. The highest BCUT2D eigenvalue weighted by Crippen LogP contribution is 2.42. The normalized spacial score (nSPS) is 24.1. The molecule has 2 aliphatic rings. The van der Waals surface area contributed by atoms with Gasteiger partial charge in [-0.25, -0.2) is 0 Å². The minimum atomic E-state index is 0.158. The SMILES string of the molecule is COc1ccc(OCC2CCC3(CCCCC3)O2)cc1N. The quantitative estimate of drug-likeness (QED) is 0.862. The summed E-state index contributed by atoms with van der Waals surface area (Å²) in [5, 5.41) is 0. The molecule has 1 heterocycles. The average Bonchev–Trinajstić information content (AvgIpc) is 2.89. The standard InChI is InChI=1S/C17H25NO3/c1-19-16-6-5-13(11-15(16)18)20-12-14-7-10-17(21-14)8-3-2-4-9-17/h5-6,11,14H,2-4,7-10,12,18H2,1H3. The van der Waals surface area contributed by atoms with E-state index >= 15 is 0 Å². The number of rotatable bonds is 4. The first kappa shape index (κ1) is 14.5. The summed E-state index contributed by atoms with van der Waals surface area (Å²) in [5.74, 6) is 1.46. The number of hydrogen-bond donors (Lipinski definition) is 1. The molecular weight excluding hydrogens is 266 g/mol. The van der Waals surface area contributed by atoms with Crippen LogP contribution in [0.4, 0.5) is 5.69 Å². The topological polar surface area (TPSA) is 53.7 Å². The van der Waals surface area contributed by atoms with Gasteiger partial charge in [0.15, 0.2) is 0 Å². The molecule has 116 valence electrons. The summed E-state index contributed by atoms with van der Waals surface area (Å²) in [4.78, 5) is 0. The minimum Gasteiger partial charge on any atom is -0.495 e. The van der Waals surface area contributed by atoms with E-state index in [2.05, 4.69) is 0 Å². The van der Waals surface area contributed by atoms with E-state index in [1.165, 1.54) is 38.5 Å². The first-order valence-corrected chi connectivity index (χ1v) is 7.95. The molecule has 2 fully saturated rings. The molecule has 0 amide bonds. The van der Waals surface area contributed by atoms with Gasteiger partial charge in [0.05, 0.1) is 24.5 Å². The Kier molecular flexibility index (Phi) is 4.24. The summed E-state index contributed by atoms with van der Waals surface area (Å²) in [5.41, 5.74) is 6.65. The van der Waals surface area contributed by atoms with Crippen LogP contribution in [0.5, 0.6) is 11.5 Å². The molecule has 1 atom stereocenters. The van der Waals surface area contributed by atoms with Crippen molar-refractivity contribution in [2.45, 2.75) is 56.7 Å². The van der Waals surface area contributed by atoms with Crippen molar-refractivity contribution >= 4 is 5.69 Å². The Balaban J connectivity index is 1.53. The van der Waals surface area contributed by atoms with E-state index < -0.39 is 0 Å². The first-order valence-electron chi connectivity index (χ1n) is 7.95. The predicted molar refractivity (Wildman–Crippen MR) is 82.8 cm³/mol. The Labute approximate surface area is 126 Å². The fraction of sp³-hybridized carbons (Fsp3) is 0.647. The maximum atomic E-state index is 6.31. The van der Waals surface area contributed by atoms with Crippen molar-refractivity contribution in [3.63, 3.8) is 0 Å². The van der Waals surface area contributed by atoms with E-state index in [4.69, 9.17) is 19.9 Å². The molecule has 4 heteroatoms. The molecule has 0 radical (unpaired) electrons. The molecule has 1 saturated heterocycles. The second-order valence-corrected chi connectivity index (χ2v) is 6.24. The fourth-order valence-corrected chi connectivity index (χ4v) is 3.57. The molecule has 21 heavy (non-hydrogen) atoms. The van der Waals surface area contributed by atoms with Crippen molar-refractivity contribution < 1.29 is 14.2 Å². The van der Waals surface area contributed by atoms with Crippen LogP contribution in [-0.2, 0) is 4.74 Å². The molecule has 4 nitrogen and oxygen atoms in total. The smallest absolute Gasteiger partial charge is 0.142 e. The van der Waals surface area contributed by atoms with Gasteiger partial charge in [0.1, 0.15) is 18.1 Å². The van der Waals surface area contributed by atoms with Crippen LogP contribution in [0, 0.1) is 0 Å². The van der Waals surface area contributed by atoms with Gasteiger partial charge in [0.25, 0.3) is 0 Å². The van der Waals surface area contributed by atoms with Crippen LogP contribution < -0.4 is 15.2 Å². The molecule has 1 aliphatic carbocycles. The van der Waals surface area contributed by atoms with Crippen molar-refractivity contribution in [3.8, 4) is 11.5 Å². The molecule has 1 unspecified atom stereocenters. The molecule has 1 saturated carbocycles. The molecule has 1 aromatic carbocycles. The number of anilines is 1. The Morgan fingerprint density at radius 3 is 2.76 bits per heavy atom. The highest BCUT2D eigenvalue weighted by atomic mass is 16.6. The first-order chi connectivity index (χ1) is 10.2. The molecular formula is C17H25NO3. The zero-order valence-electron chi connectivity index (χ0n) is 12.8. The van der Waals surface area contributed by atoms with Gasteiger partial charge in [0, 0.05) is 6.07 Å². The molecule has 2 N–H and O–H groups in total. The zero-order chi connectivity index (χ0) is 14.7.